The van der Waals surface area contributed by atoms with Gasteiger partial charge in [-0.3, -0.25) is 4.79 Å². The predicted molar refractivity (Wildman–Crippen MR) is 86.8 cm³/mol. The molecule has 3 aromatic rings. The van der Waals surface area contributed by atoms with Crippen molar-refractivity contribution in [3.05, 3.63) is 59.5 Å². The predicted octanol–water partition coefficient (Wildman–Crippen LogP) is 3.19. The maximum absolute atomic E-state index is 13.0. The third-order valence-electron chi connectivity index (χ3n) is 4.56. The molecule has 4 heteroatoms. The molecule has 22 heavy (non-hydrogen) atoms. The zero-order chi connectivity index (χ0) is 15.1. The van der Waals surface area contributed by atoms with Gasteiger partial charge >= 0.3 is 0 Å². The number of aromatic amines is 1. The second kappa shape index (κ2) is 5.05. The Morgan fingerprint density at radius 3 is 2.91 bits per heavy atom. The number of rotatable bonds is 2. The van der Waals surface area contributed by atoms with Crippen LogP contribution in [0.4, 0.5) is 0 Å². The van der Waals surface area contributed by atoms with Crippen LogP contribution in [0.15, 0.2) is 42.6 Å². The fourth-order valence-electron chi connectivity index (χ4n) is 3.40. The Morgan fingerprint density at radius 1 is 1.18 bits per heavy atom. The number of carbonyl (C=O) groups excluding carboxylic acids is 1. The van der Waals surface area contributed by atoms with Crippen LogP contribution in [-0.4, -0.2) is 26.9 Å². The van der Waals surface area contributed by atoms with Gasteiger partial charge in [0, 0.05) is 35.9 Å². The van der Waals surface area contributed by atoms with Crippen molar-refractivity contribution >= 4 is 16.8 Å². The standard InChI is InChI=1S/C18H19N3O/c1-2-14-15-7-3-4-8-16(15)19-17(14)18(22)21-11-10-20-9-5-6-13(20)12-21/h3-9,19H,2,10-12H2,1H3. The van der Waals surface area contributed by atoms with Crippen LogP contribution >= 0.6 is 0 Å². The molecule has 0 radical (unpaired) electrons. The first-order chi connectivity index (χ1) is 10.8. The van der Waals surface area contributed by atoms with E-state index in [0.29, 0.717) is 6.54 Å². The smallest absolute Gasteiger partial charge is 0.271 e. The van der Waals surface area contributed by atoms with Gasteiger partial charge < -0.3 is 14.5 Å². The van der Waals surface area contributed by atoms with Crippen LogP contribution in [0.2, 0.25) is 0 Å². The molecule has 1 N–H and O–H groups in total. The number of aryl methyl sites for hydroxylation is 1. The van der Waals surface area contributed by atoms with Crippen LogP contribution < -0.4 is 0 Å². The van der Waals surface area contributed by atoms with E-state index in [0.717, 1.165) is 41.7 Å². The van der Waals surface area contributed by atoms with Gasteiger partial charge in [-0.25, -0.2) is 0 Å². The summed E-state index contributed by atoms with van der Waals surface area (Å²) in [5, 5.41) is 1.16. The van der Waals surface area contributed by atoms with E-state index in [4.69, 9.17) is 0 Å². The second-order valence-corrected chi connectivity index (χ2v) is 5.80. The molecule has 0 unspecified atom stereocenters. The number of fused-ring (bicyclic) bond motifs is 2. The molecule has 0 atom stereocenters. The van der Waals surface area contributed by atoms with E-state index in [1.165, 1.54) is 5.69 Å². The molecule has 1 aliphatic rings. The third kappa shape index (κ3) is 1.95. The Hall–Kier alpha value is -2.49. The van der Waals surface area contributed by atoms with E-state index in [2.05, 4.69) is 34.8 Å². The SMILES string of the molecule is CCc1c(C(=O)N2CCn3cccc3C2)[nH]c2ccccc12. The first-order valence-electron chi connectivity index (χ1n) is 7.81. The first kappa shape index (κ1) is 13.2. The number of aromatic nitrogens is 2. The van der Waals surface area contributed by atoms with Gasteiger partial charge in [0.2, 0.25) is 0 Å². The molecular weight excluding hydrogens is 274 g/mol. The van der Waals surface area contributed by atoms with Crippen molar-refractivity contribution in [2.75, 3.05) is 6.54 Å². The number of nitrogens with zero attached hydrogens (tertiary/aromatic N) is 2. The summed E-state index contributed by atoms with van der Waals surface area (Å²) in [4.78, 5) is 18.2. The van der Waals surface area contributed by atoms with Gasteiger partial charge in [0.1, 0.15) is 5.69 Å². The molecule has 0 bridgehead atoms. The van der Waals surface area contributed by atoms with E-state index in [1.807, 2.05) is 29.2 Å². The largest absolute Gasteiger partial charge is 0.350 e. The van der Waals surface area contributed by atoms with E-state index < -0.39 is 0 Å². The molecule has 0 spiro atoms. The van der Waals surface area contributed by atoms with Crippen LogP contribution in [0.25, 0.3) is 10.9 Å². The summed E-state index contributed by atoms with van der Waals surface area (Å²) >= 11 is 0. The van der Waals surface area contributed by atoms with Crippen LogP contribution in [0.1, 0.15) is 28.7 Å². The van der Waals surface area contributed by atoms with Gasteiger partial charge in [-0.05, 0) is 30.2 Å². The summed E-state index contributed by atoms with van der Waals surface area (Å²) in [5.74, 6) is 0.112. The maximum atomic E-state index is 13.0. The molecule has 0 fully saturated rings. The number of benzene rings is 1. The highest BCUT2D eigenvalue weighted by Gasteiger charge is 2.25. The van der Waals surface area contributed by atoms with Crippen LogP contribution in [0.5, 0.6) is 0 Å². The highest BCUT2D eigenvalue weighted by Crippen LogP contribution is 2.25. The van der Waals surface area contributed by atoms with Crippen LogP contribution in [0, 0.1) is 0 Å². The zero-order valence-electron chi connectivity index (χ0n) is 12.7. The molecule has 4 rings (SSSR count). The van der Waals surface area contributed by atoms with Crippen molar-refractivity contribution in [2.45, 2.75) is 26.4 Å². The number of amides is 1. The van der Waals surface area contributed by atoms with Gasteiger partial charge in [0.25, 0.3) is 5.91 Å². The van der Waals surface area contributed by atoms with E-state index in [-0.39, 0.29) is 5.91 Å². The Labute approximate surface area is 129 Å². The lowest BCUT2D eigenvalue weighted by molar-refractivity contribution is 0.0705. The number of para-hydroxylation sites is 1. The van der Waals surface area contributed by atoms with Gasteiger partial charge in [0.15, 0.2) is 0 Å². The lowest BCUT2D eigenvalue weighted by Crippen LogP contribution is -2.38. The van der Waals surface area contributed by atoms with E-state index >= 15 is 0 Å². The lowest BCUT2D eigenvalue weighted by atomic mass is 10.1. The molecule has 0 saturated heterocycles. The molecule has 0 aliphatic carbocycles. The summed E-state index contributed by atoms with van der Waals surface area (Å²) in [7, 11) is 0. The molecular formula is C18H19N3O. The Bertz CT molecular complexity index is 843. The summed E-state index contributed by atoms with van der Waals surface area (Å²) in [6.07, 6.45) is 2.94. The molecule has 1 aromatic carbocycles. The minimum absolute atomic E-state index is 0.112. The number of hydrogen-bond acceptors (Lipinski definition) is 1. The van der Waals surface area contributed by atoms with Crippen LogP contribution in [-0.2, 0) is 19.5 Å². The molecule has 0 saturated carbocycles. The van der Waals surface area contributed by atoms with Crippen LogP contribution in [0.3, 0.4) is 0 Å². The van der Waals surface area contributed by atoms with E-state index in [1.54, 1.807) is 0 Å². The fourth-order valence-corrected chi connectivity index (χ4v) is 3.40. The summed E-state index contributed by atoms with van der Waals surface area (Å²) in [6, 6.07) is 12.3. The normalized spacial score (nSPS) is 14.3. The Balaban J connectivity index is 1.71. The number of nitrogens with one attached hydrogen (secondary N) is 1. The van der Waals surface area contributed by atoms with Crippen molar-refractivity contribution in [1.82, 2.24) is 14.5 Å². The third-order valence-corrected chi connectivity index (χ3v) is 4.56. The van der Waals surface area contributed by atoms with Crippen molar-refractivity contribution in [1.29, 1.82) is 0 Å². The lowest BCUT2D eigenvalue weighted by Gasteiger charge is -2.28. The first-order valence-corrected chi connectivity index (χ1v) is 7.81. The summed E-state index contributed by atoms with van der Waals surface area (Å²) < 4.78 is 2.22. The van der Waals surface area contributed by atoms with Gasteiger partial charge in [-0.1, -0.05) is 25.1 Å². The molecule has 3 heterocycles. The topological polar surface area (TPSA) is 41.0 Å². The Morgan fingerprint density at radius 2 is 2.05 bits per heavy atom. The number of hydrogen-bond donors (Lipinski definition) is 1. The number of carbonyl (C=O) groups is 1. The van der Waals surface area contributed by atoms with Gasteiger partial charge in [-0.15, -0.1) is 0 Å². The average molecular weight is 293 g/mol. The number of H-pyrrole nitrogens is 1. The van der Waals surface area contributed by atoms with Crippen molar-refractivity contribution < 1.29 is 4.79 Å². The zero-order valence-corrected chi connectivity index (χ0v) is 12.7. The highest BCUT2D eigenvalue weighted by atomic mass is 16.2. The average Bonchev–Trinajstić information content (AvgIpc) is 3.17. The van der Waals surface area contributed by atoms with Crippen molar-refractivity contribution in [3.8, 4) is 0 Å². The minimum atomic E-state index is 0.112. The molecule has 112 valence electrons. The summed E-state index contributed by atoms with van der Waals surface area (Å²) in [5.41, 5.74) is 4.13. The maximum Gasteiger partial charge on any atom is 0.271 e. The fraction of sp³-hybridized carbons (Fsp3) is 0.278. The van der Waals surface area contributed by atoms with E-state index in [9.17, 15) is 4.79 Å². The molecule has 2 aromatic heterocycles. The molecule has 1 aliphatic heterocycles. The van der Waals surface area contributed by atoms with Gasteiger partial charge in [-0.2, -0.15) is 0 Å². The minimum Gasteiger partial charge on any atom is -0.350 e. The Kier molecular flexibility index (Phi) is 3.03. The summed E-state index contributed by atoms with van der Waals surface area (Å²) in [6.45, 7) is 4.42. The van der Waals surface area contributed by atoms with Gasteiger partial charge in [0.05, 0.1) is 6.54 Å². The van der Waals surface area contributed by atoms with Crippen molar-refractivity contribution in [3.63, 3.8) is 0 Å². The monoisotopic (exact) mass is 293 g/mol. The van der Waals surface area contributed by atoms with Crippen molar-refractivity contribution in [2.24, 2.45) is 0 Å². The molecule has 1 amide bonds. The second-order valence-electron chi connectivity index (χ2n) is 5.80. The quantitative estimate of drug-likeness (QED) is 0.774. The highest BCUT2D eigenvalue weighted by molar-refractivity contribution is 6.01. The molecule has 4 nitrogen and oxygen atoms in total.